The number of hydrogen-bond acceptors (Lipinski definition) is 4. The summed E-state index contributed by atoms with van der Waals surface area (Å²) >= 11 is 0. The first-order valence-electron chi connectivity index (χ1n) is 8.36. The Hall–Kier alpha value is -3.15. The number of benzene rings is 2. The summed E-state index contributed by atoms with van der Waals surface area (Å²) in [5.74, 6) is -1.16. The van der Waals surface area contributed by atoms with E-state index in [4.69, 9.17) is 4.74 Å². The van der Waals surface area contributed by atoms with Gasteiger partial charge in [-0.3, -0.25) is 14.4 Å². The topological polar surface area (TPSA) is 84.5 Å². The van der Waals surface area contributed by atoms with E-state index in [1.165, 1.54) is 6.92 Å². The van der Waals surface area contributed by atoms with Crippen LogP contribution in [0.4, 0.5) is 5.69 Å². The number of hydrogen-bond donors (Lipinski definition) is 2. The summed E-state index contributed by atoms with van der Waals surface area (Å²) in [6, 6.07) is 17.5. The molecule has 26 heavy (non-hydrogen) atoms. The average Bonchev–Trinajstić information content (AvgIpc) is 2.62. The van der Waals surface area contributed by atoms with Crippen molar-refractivity contribution in [2.24, 2.45) is 0 Å². The van der Waals surface area contributed by atoms with Gasteiger partial charge in [0.25, 0.3) is 5.91 Å². The number of ether oxygens (including phenoxy) is 1. The highest BCUT2D eigenvalue weighted by atomic mass is 16.5. The fourth-order valence-electron chi connectivity index (χ4n) is 2.36. The number of rotatable bonds is 8. The van der Waals surface area contributed by atoms with Crippen LogP contribution in [0.25, 0.3) is 0 Å². The van der Waals surface area contributed by atoms with Gasteiger partial charge in [-0.1, -0.05) is 48.5 Å². The third kappa shape index (κ3) is 6.76. The summed E-state index contributed by atoms with van der Waals surface area (Å²) in [5.41, 5.74) is 2.80. The molecule has 0 radical (unpaired) electrons. The predicted molar refractivity (Wildman–Crippen MR) is 98.6 cm³/mol. The highest BCUT2D eigenvalue weighted by Crippen LogP contribution is 2.19. The summed E-state index contributed by atoms with van der Waals surface area (Å²) in [6.45, 7) is 1.19. The van der Waals surface area contributed by atoms with Crippen molar-refractivity contribution in [3.05, 3.63) is 65.7 Å². The minimum absolute atomic E-state index is 0.0253. The third-order valence-electron chi connectivity index (χ3n) is 3.60. The van der Waals surface area contributed by atoms with Crippen LogP contribution in [0.1, 0.15) is 24.5 Å². The zero-order valence-corrected chi connectivity index (χ0v) is 14.7. The monoisotopic (exact) mass is 354 g/mol. The van der Waals surface area contributed by atoms with Gasteiger partial charge < -0.3 is 15.4 Å². The van der Waals surface area contributed by atoms with Crippen molar-refractivity contribution in [3.63, 3.8) is 0 Å². The second-order valence-electron chi connectivity index (χ2n) is 5.76. The van der Waals surface area contributed by atoms with Crippen molar-refractivity contribution < 1.29 is 19.1 Å². The fourth-order valence-corrected chi connectivity index (χ4v) is 2.36. The van der Waals surface area contributed by atoms with E-state index in [2.05, 4.69) is 10.6 Å². The summed E-state index contributed by atoms with van der Waals surface area (Å²) in [6.07, 6.45) is 0.714. The molecule has 0 heterocycles. The van der Waals surface area contributed by atoms with E-state index in [1.807, 2.05) is 54.6 Å². The molecule has 2 amide bonds. The number of anilines is 1. The van der Waals surface area contributed by atoms with Crippen LogP contribution in [0.5, 0.6) is 0 Å². The smallest absolute Gasteiger partial charge is 0.308 e. The highest BCUT2D eigenvalue weighted by Gasteiger charge is 2.10. The first kappa shape index (κ1) is 19.2. The molecular formula is C20H22N2O4. The van der Waals surface area contributed by atoms with Crippen LogP contribution in [0.3, 0.4) is 0 Å². The molecule has 0 unspecified atom stereocenters. The van der Waals surface area contributed by atoms with Crippen molar-refractivity contribution in [3.8, 4) is 0 Å². The number of amides is 2. The standard InChI is InChI=1S/C20H22N2O4/c1-15(23)21-12-11-20(25)26-14-19(24)22-18-10-6-5-9-17(18)13-16-7-3-2-4-8-16/h2-10H,11-14H2,1H3,(H,21,23)(H,22,24). The lowest BCUT2D eigenvalue weighted by atomic mass is 10.0. The van der Waals surface area contributed by atoms with Gasteiger partial charge in [0.15, 0.2) is 6.61 Å². The molecule has 2 aromatic carbocycles. The van der Waals surface area contributed by atoms with Gasteiger partial charge in [0.1, 0.15) is 0 Å². The Morgan fingerprint density at radius 1 is 0.962 bits per heavy atom. The second kappa shape index (κ2) is 9.98. The molecule has 0 spiro atoms. The van der Waals surface area contributed by atoms with E-state index in [-0.39, 0.29) is 25.5 Å². The van der Waals surface area contributed by atoms with Crippen LogP contribution in [0.15, 0.2) is 54.6 Å². The van der Waals surface area contributed by atoms with E-state index in [0.29, 0.717) is 12.1 Å². The first-order valence-corrected chi connectivity index (χ1v) is 8.36. The lowest BCUT2D eigenvalue weighted by Gasteiger charge is -2.11. The highest BCUT2D eigenvalue weighted by molar-refractivity contribution is 5.93. The van der Waals surface area contributed by atoms with Gasteiger partial charge in [0.05, 0.1) is 6.42 Å². The summed E-state index contributed by atoms with van der Waals surface area (Å²) in [4.78, 5) is 34.3. The molecule has 2 aromatic rings. The average molecular weight is 354 g/mol. The Bertz CT molecular complexity index is 759. The van der Waals surface area contributed by atoms with Gasteiger partial charge in [0.2, 0.25) is 5.91 Å². The Kier molecular flexibility index (Phi) is 7.36. The maximum absolute atomic E-state index is 12.0. The molecule has 0 bridgehead atoms. The summed E-state index contributed by atoms with van der Waals surface area (Å²) < 4.78 is 4.91. The van der Waals surface area contributed by atoms with Crippen LogP contribution >= 0.6 is 0 Å². The largest absolute Gasteiger partial charge is 0.456 e. The Labute approximate surface area is 152 Å². The van der Waals surface area contributed by atoms with Crippen molar-refractivity contribution in [2.75, 3.05) is 18.5 Å². The van der Waals surface area contributed by atoms with Gasteiger partial charge >= 0.3 is 5.97 Å². The quantitative estimate of drug-likeness (QED) is 0.713. The van der Waals surface area contributed by atoms with Gasteiger partial charge in [-0.25, -0.2) is 0 Å². The van der Waals surface area contributed by atoms with E-state index >= 15 is 0 Å². The number of esters is 1. The second-order valence-corrected chi connectivity index (χ2v) is 5.76. The van der Waals surface area contributed by atoms with Gasteiger partial charge in [-0.05, 0) is 23.6 Å². The van der Waals surface area contributed by atoms with Crippen LogP contribution in [0, 0.1) is 0 Å². The number of para-hydroxylation sites is 1. The maximum atomic E-state index is 12.0. The molecule has 0 saturated heterocycles. The zero-order chi connectivity index (χ0) is 18.8. The van der Waals surface area contributed by atoms with Crippen LogP contribution < -0.4 is 10.6 Å². The molecule has 0 aliphatic carbocycles. The van der Waals surface area contributed by atoms with E-state index in [0.717, 1.165) is 11.1 Å². The lowest BCUT2D eigenvalue weighted by Crippen LogP contribution is -2.26. The molecule has 0 atom stereocenters. The van der Waals surface area contributed by atoms with Crippen LogP contribution in [0.2, 0.25) is 0 Å². The molecule has 0 aliphatic rings. The summed E-state index contributed by atoms with van der Waals surface area (Å²) in [5, 5.41) is 5.27. The number of carbonyl (C=O) groups excluding carboxylic acids is 3. The Morgan fingerprint density at radius 3 is 2.38 bits per heavy atom. The maximum Gasteiger partial charge on any atom is 0.308 e. The number of nitrogens with one attached hydrogen (secondary N) is 2. The van der Waals surface area contributed by atoms with Crippen LogP contribution in [-0.4, -0.2) is 30.9 Å². The van der Waals surface area contributed by atoms with Gasteiger partial charge in [0, 0.05) is 19.2 Å². The molecule has 2 N–H and O–H groups in total. The molecule has 0 aliphatic heterocycles. The van der Waals surface area contributed by atoms with Crippen molar-refractivity contribution in [2.45, 2.75) is 19.8 Å². The van der Waals surface area contributed by atoms with Crippen molar-refractivity contribution in [1.82, 2.24) is 5.32 Å². The first-order chi connectivity index (χ1) is 12.5. The molecule has 2 rings (SSSR count). The number of carbonyl (C=O) groups is 3. The molecule has 6 nitrogen and oxygen atoms in total. The van der Waals surface area contributed by atoms with E-state index in [9.17, 15) is 14.4 Å². The zero-order valence-electron chi connectivity index (χ0n) is 14.7. The SMILES string of the molecule is CC(=O)NCCC(=O)OCC(=O)Nc1ccccc1Cc1ccccc1. The minimum atomic E-state index is -0.536. The molecule has 0 saturated carbocycles. The summed E-state index contributed by atoms with van der Waals surface area (Å²) in [7, 11) is 0. The predicted octanol–water partition coefficient (Wildman–Crippen LogP) is 2.29. The van der Waals surface area contributed by atoms with Crippen molar-refractivity contribution in [1.29, 1.82) is 0 Å². The molecule has 136 valence electrons. The molecule has 0 aromatic heterocycles. The molecular weight excluding hydrogens is 332 g/mol. The third-order valence-corrected chi connectivity index (χ3v) is 3.60. The Balaban J connectivity index is 1.85. The van der Waals surface area contributed by atoms with Crippen LogP contribution in [-0.2, 0) is 25.5 Å². The normalized spacial score (nSPS) is 10.0. The van der Waals surface area contributed by atoms with E-state index in [1.54, 1.807) is 0 Å². The minimum Gasteiger partial charge on any atom is -0.456 e. The van der Waals surface area contributed by atoms with Gasteiger partial charge in [-0.2, -0.15) is 0 Å². The van der Waals surface area contributed by atoms with E-state index < -0.39 is 11.9 Å². The molecule has 6 heteroatoms. The Morgan fingerprint density at radius 2 is 1.65 bits per heavy atom. The fraction of sp³-hybridized carbons (Fsp3) is 0.250. The van der Waals surface area contributed by atoms with Crippen molar-refractivity contribution >= 4 is 23.5 Å². The van der Waals surface area contributed by atoms with Gasteiger partial charge in [-0.15, -0.1) is 0 Å². The lowest BCUT2D eigenvalue weighted by molar-refractivity contribution is -0.147. The molecule has 0 fully saturated rings.